The molecule has 4 rings (SSSR count). The van der Waals surface area contributed by atoms with Crippen molar-refractivity contribution in [1.82, 2.24) is 14.1 Å². The molecule has 0 bridgehead atoms. The van der Waals surface area contributed by atoms with Gasteiger partial charge in [0.15, 0.2) is 4.96 Å². The predicted molar refractivity (Wildman–Crippen MR) is 90.7 cm³/mol. The molecule has 0 aliphatic carbocycles. The van der Waals surface area contributed by atoms with Gasteiger partial charge in [-0.15, -0.1) is 11.3 Å². The summed E-state index contributed by atoms with van der Waals surface area (Å²) in [6.45, 7) is 0.265. The molecule has 0 unspecified atom stereocenters. The number of hydrogen-bond donors (Lipinski definition) is 2. The summed E-state index contributed by atoms with van der Waals surface area (Å²) in [5, 5.41) is 4.63. The Balaban J connectivity index is 1.44. The summed E-state index contributed by atoms with van der Waals surface area (Å²) in [5.74, 6) is -0.118. The van der Waals surface area contributed by atoms with Crippen LogP contribution < -0.4 is 10.0 Å². The second kappa shape index (κ2) is 5.69. The molecular formula is C15H14N4O3S2. The van der Waals surface area contributed by atoms with Crippen molar-refractivity contribution < 1.29 is 13.2 Å². The van der Waals surface area contributed by atoms with Crippen molar-refractivity contribution in [3.8, 4) is 0 Å². The number of hydrogen-bond acceptors (Lipinski definition) is 5. The van der Waals surface area contributed by atoms with Crippen molar-refractivity contribution in [2.75, 3.05) is 11.9 Å². The average Bonchev–Trinajstić information content (AvgIpc) is 3.18. The minimum Gasteiger partial charge on any atom is -0.326 e. The number of rotatable bonds is 5. The first-order chi connectivity index (χ1) is 11.5. The second-order valence-corrected chi connectivity index (χ2v) is 8.16. The monoisotopic (exact) mass is 362 g/mol. The van der Waals surface area contributed by atoms with E-state index in [0.717, 1.165) is 10.7 Å². The van der Waals surface area contributed by atoms with Crippen molar-refractivity contribution >= 4 is 37.9 Å². The Labute approximate surface area is 142 Å². The Morgan fingerprint density at radius 2 is 2.25 bits per heavy atom. The summed E-state index contributed by atoms with van der Waals surface area (Å²) in [7, 11) is -3.61. The first-order valence-electron chi connectivity index (χ1n) is 7.35. The Bertz CT molecular complexity index is 1010. The minimum atomic E-state index is -3.61. The third kappa shape index (κ3) is 2.81. The van der Waals surface area contributed by atoms with Crippen LogP contribution in [0.2, 0.25) is 0 Å². The van der Waals surface area contributed by atoms with Crippen molar-refractivity contribution in [1.29, 1.82) is 0 Å². The van der Waals surface area contributed by atoms with Gasteiger partial charge in [0.1, 0.15) is 0 Å². The van der Waals surface area contributed by atoms with Gasteiger partial charge < -0.3 is 5.32 Å². The van der Waals surface area contributed by atoms with Gasteiger partial charge in [0.2, 0.25) is 15.9 Å². The van der Waals surface area contributed by atoms with Crippen LogP contribution in [0.4, 0.5) is 5.69 Å². The van der Waals surface area contributed by atoms with Crippen LogP contribution in [0.3, 0.4) is 0 Å². The summed E-state index contributed by atoms with van der Waals surface area (Å²) in [6.07, 6.45) is 4.54. The lowest BCUT2D eigenvalue weighted by molar-refractivity contribution is -0.115. The Hall–Kier alpha value is -2.23. The van der Waals surface area contributed by atoms with Crippen LogP contribution in [-0.4, -0.2) is 30.3 Å². The summed E-state index contributed by atoms with van der Waals surface area (Å²) in [5.41, 5.74) is 2.22. The molecule has 0 atom stereocenters. The fraction of sp³-hybridized carbons (Fsp3) is 0.200. The molecule has 2 N–H and O–H groups in total. The van der Waals surface area contributed by atoms with Crippen LogP contribution in [0, 0.1) is 0 Å². The van der Waals surface area contributed by atoms with Crippen molar-refractivity contribution in [2.45, 2.75) is 17.7 Å². The molecule has 0 spiro atoms. The highest BCUT2D eigenvalue weighted by Crippen LogP contribution is 2.25. The SMILES string of the molecule is O=C1Cc2cc(S(=O)(=O)NCCc3cn4ccsc4n3)ccc2N1. The van der Waals surface area contributed by atoms with Gasteiger partial charge in [0, 0.05) is 36.4 Å². The maximum atomic E-state index is 12.4. The summed E-state index contributed by atoms with van der Waals surface area (Å²) < 4.78 is 29.3. The lowest BCUT2D eigenvalue weighted by atomic mass is 10.2. The van der Waals surface area contributed by atoms with Crippen molar-refractivity contribution in [3.05, 3.63) is 47.2 Å². The number of anilines is 1. The van der Waals surface area contributed by atoms with E-state index in [0.29, 0.717) is 17.7 Å². The molecule has 7 nitrogen and oxygen atoms in total. The molecule has 2 aromatic heterocycles. The van der Waals surface area contributed by atoms with E-state index in [1.807, 2.05) is 22.2 Å². The zero-order valence-electron chi connectivity index (χ0n) is 12.5. The summed E-state index contributed by atoms with van der Waals surface area (Å²) in [6, 6.07) is 4.67. The second-order valence-electron chi connectivity index (χ2n) is 5.52. The normalized spacial score (nSPS) is 14.1. The third-order valence-corrected chi connectivity index (χ3v) is 6.06. The number of carbonyl (C=O) groups excluding carboxylic acids is 1. The third-order valence-electron chi connectivity index (χ3n) is 3.83. The van der Waals surface area contributed by atoms with Gasteiger partial charge in [-0.25, -0.2) is 18.1 Å². The minimum absolute atomic E-state index is 0.118. The maximum Gasteiger partial charge on any atom is 0.240 e. The molecular weight excluding hydrogens is 348 g/mol. The van der Waals surface area contributed by atoms with E-state index in [-0.39, 0.29) is 23.8 Å². The molecule has 1 aromatic carbocycles. The summed E-state index contributed by atoms with van der Waals surface area (Å²) >= 11 is 1.54. The standard InChI is InChI=1S/C15H14N4O3S2/c20-14-8-10-7-12(1-2-13(10)18-14)24(21,22)16-4-3-11-9-19-5-6-23-15(19)17-11/h1-2,5-7,9,16H,3-4,8H2,(H,18,20). The van der Waals surface area contributed by atoms with Crippen molar-refractivity contribution in [2.24, 2.45) is 0 Å². The molecule has 1 amide bonds. The number of aromatic nitrogens is 2. The van der Waals surface area contributed by atoms with Gasteiger partial charge in [0.05, 0.1) is 17.0 Å². The molecule has 0 saturated heterocycles. The number of benzene rings is 1. The number of amides is 1. The Morgan fingerprint density at radius 3 is 3.08 bits per heavy atom. The van der Waals surface area contributed by atoms with E-state index in [4.69, 9.17) is 0 Å². The Kier molecular flexibility index (Phi) is 3.63. The van der Waals surface area contributed by atoms with E-state index < -0.39 is 10.0 Å². The van der Waals surface area contributed by atoms with E-state index in [1.165, 1.54) is 17.4 Å². The molecule has 3 heterocycles. The van der Waals surface area contributed by atoms with Crippen molar-refractivity contribution in [3.63, 3.8) is 0 Å². The van der Waals surface area contributed by atoms with E-state index in [1.54, 1.807) is 12.1 Å². The van der Waals surface area contributed by atoms with Gasteiger partial charge in [-0.05, 0) is 23.8 Å². The first-order valence-corrected chi connectivity index (χ1v) is 9.71. The predicted octanol–water partition coefficient (Wildman–Crippen LogP) is 1.41. The van der Waals surface area contributed by atoms with Crippen LogP contribution in [0.15, 0.2) is 40.9 Å². The molecule has 0 fully saturated rings. The molecule has 124 valence electrons. The molecule has 0 saturated carbocycles. The van der Waals surface area contributed by atoms with E-state index in [9.17, 15) is 13.2 Å². The van der Waals surface area contributed by atoms with E-state index in [2.05, 4.69) is 15.0 Å². The number of sulfonamides is 1. The smallest absolute Gasteiger partial charge is 0.240 e. The van der Waals surface area contributed by atoms with Gasteiger partial charge >= 0.3 is 0 Å². The van der Waals surface area contributed by atoms with E-state index >= 15 is 0 Å². The molecule has 24 heavy (non-hydrogen) atoms. The number of nitrogens with one attached hydrogen (secondary N) is 2. The van der Waals surface area contributed by atoms with Crippen LogP contribution in [0.5, 0.6) is 0 Å². The number of thiazole rings is 1. The van der Waals surface area contributed by atoms with Gasteiger partial charge in [0.25, 0.3) is 0 Å². The highest BCUT2D eigenvalue weighted by Gasteiger charge is 2.21. The molecule has 3 aromatic rings. The highest BCUT2D eigenvalue weighted by molar-refractivity contribution is 7.89. The van der Waals surface area contributed by atoms with Gasteiger partial charge in [-0.2, -0.15) is 0 Å². The van der Waals surface area contributed by atoms with Crippen LogP contribution in [0.1, 0.15) is 11.3 Å². The van der Waals surface area contributed by atoms with Crippen LogP contribution in [0.25, 0.3) is 4.96 Å². The van der Waals surface area contributed by atoms with Crippen LogP contribution in [-0.2, 0) is 27.7 Å². The Morgan fingerprint density at radius 1 is 1.38 bits per heavy atom. The lowest BCUT2D eigenvalue weighted by Gasteiger charge is -2.07. The van der Waals surface area contributed by atoms with Gasteiger partial charge in [-0.1, -0.05) is 0 Å². The zero-order chi connectivity index (χ0) is 16.7. The first kappa shape index (κ1) is 15.3. The zero-order valence-corrected chi connectivity index (χ0v) is 14.2. The quantitative estimate of drug-likeness (QED) is 0.718. The fourth-order valence-corrected chi connectivity index (χ4v) is 4.47. The average molecular weight is 362 g/mol. The number of fused-ring (bicyclic) bond motifs is 2. The lowest BCUT2D eigenvalue weighted by Crippen LogP contribution is -2.26. The largest absolute Gasteiger partial charge is 0.326 e. The molecule has 1 aliphatic rings. The summed E-state index contributed by atoms with van der Waals surface area (Å²) in [4.78, 5) is 16.8. The number of carbonyl (C=O) groups is 1. The molecule has 0 radical (unpaired) electrons. The molecule has 9 heteroatoms. The maximum absolute atomic E-state index is 12.4. The fourth-order valence-electron chi connectivity index (χ4n) is 2.67. The number of imidazole rings is 1. The highest BCUT2D eigenvalue weighted by atomic mass is 32.2. The molecule has 1 aliphatic heterocycles. The van der Waals surface area contributed by atoms with Crippen LogP contribution >= 0.6 is 11.3 Å². The topological polar surface area (TPSA) is 92.6 Å². The number of nitrogens with zero attached hydrogens (tertiary/aromatic N) is 2. The van der Waals surface area contributed by atoms with Gasteiger partial charge in [-0.3, -0.25) is 9.20 Å².